The summed E-state index contributed by atoms with van der Waals surface area (Å²) < 4.78 is 0. The normalized spacial score (nSPS) is 10.6. The summed E-state index contributed by atoms with van der Waals surface area (Å²) in [6, 6.07) is 20.8. The second kappa shape index (κ2) is 9.28. The molecular weight excluding hydrogens is 302 g/mol. The Morgan fingerprint density at radius 3 is 2.00 bits per heavy atom. The topological polar surface area (TPSA) is 18.5 Å². The zero-order chi connectivity index (χ0) is 16.5. The van der Waals surface area contributed by atoms with Crippen molar-refractivity contribution in [3.63, 3.8) is 0 Å². The van der Waals surface area contributed by atoms with Crippen LogP contribution in [0, 0.1) is 0 Å². The van der Waals surface area contributed by atoms with E-state index < -0.39 is 0 Å². The summed E-state index contributed by atoms with van der Waals surface area (Å²) in [7, 11) is 4.17. The van der Waals surface area contributed by atoms with E-state index in [4.69, 9.17) is 12.2 Å². The van der Waals surface area contributed by atoms with Gasteiger partial charge in [0.15, 0.2) is 5.11 Å². The van der Waals surface area contributed by atoms with Crippen LogP contribution in [0.3, 0.4) is 0 Å². The van der Waals surface area contributed by atoms with Crippen molar-refractivity contribution in [3.05, 3.63) is 71.8 Å². The first-order valence-electron chi connectivity index (χ1n) is 7.90. The van der Waals surface area contributed by atoms with Gasteiger partial charge in [-0.25, -0.2) is 0 Å². The molecule has 2 aromatic carbocycles. The summed E-state index contributed by atoms with van der Waals surface area (Å²) in [5.41, 5.74) is 2.51. The van der Waals surface area contributed by atoms with Crippen LogP contribution in [0.2, 0.25) is 0 Å². The van der Waals surface area contributed by atoms with E-state index in [1.165, 1.54) is 11.1 Å². The molecule has 1 N–H and O–H groups in total. The van der Waals surface area contributed by atoms with Crippen LogP contribution in [0.4, 0.5) is 0 Å². The minimum atomic E-state index is 0.757. The summed E-state index contributed by atoms with van der Waals surface area (Å²) >= 11 is 5.62. The van der Waals surface area contributed by atoms with Gasteiger partial charge in [0.2, 0.25) is 0 Å². The van der Waals surface area contributed by atoms with Gasteiger partial charge in [-0.15, -0.1) is 0 Å². The standard InChI is InChI=1S/C19H25N3S/c1-21(2)13-14-22(16-18-11-7-4-8-12-18)19(23)20-15-17-9-5-3-6-10-17/h3-12H,13-16H2,1-2H3,(H,20,23). The van der Waals surface area contributed by atoms with Crippen LogP contribution in [-0.4, -0.2) is 42.1 Å². The SMILES string of the molecule is CN(C)CCN(Cc1ccccc1)C(=S)NCc1ccccc1. The fraction of sp³-hybridized carbons (Fsp3) is 0.316. The molecule has 3 nitrogen and oxygen atoms in total. The van der Waals surface area contributed by atoms with E-state index in [1.807, 2.05) is 24.3 Å². The highest BCUT2D eigenvalue weighted by Gasteiger charge is 2.10. The molecule has 2 rings (SSSR count). The lowest BCUT2D eigenvalue weighted by molar-refractivity contribution is 0.322. The molecule has 0 radical (unpaired) electrons. The first kappa shape index (κ1) is 17.4. The van der Waals surface area contributed by atoms with Gasteiger partial charge in [0.1, 0.15) is 0 Å². The highest BCUT2D eigenvalue weighted by molar-refractivity contribution is 7.80. The number of hydrogen-bond acceptors (Lipinski definition) is 2. The Labute approximate surface area is 144 Å². The van der Waals surface area contributed by atoms with E-state index in [9.17, 15) is 0 Å². The lowest BCUT2D eigenvalue weighted by Crippen LogP contribution is -2.42. The molecule has 0 fully saturated rings. The Balaban J connectivity index is 1.95. The van der Waals surface area contributed by atoms with Crippen LogP contribution in [0.5, 0.6) is 0 Å². The molecule has 122 valence electrons. The van der Waals surface area contributed by atoms with Gasteiger partial charge in [0.05, 0.1) is 0 Å². The average molecular weight is 327 g/mol. The monoisotopic (exact) mass is 327 g/mol. The lowest BCUT2D eigenvalue weighted by Gasteiger charge is -2.27. The number of nitrogens with zero attached hydrogens (tertiary/aromatic N) is 2. The molecule has 0 unspecified atom stereocenters. The zero-order valence-electron chi connectivity index (χ0n) is 13.9. The summed E-state index contributed by atoms with van der Waals surface area (Å²) in [4.78, 5) is 4.41. The molecule has 0 atom stereocenters. The van der Waals surface area contributed by atoms with Gasteiger partial charge >= 0.3 is 0 Å². The fourth-order valence-electron chi connectivity index (χ4n) is 2.26. The maximum absolute atomic E-state index is 5.62. The van der Waals surface area contributed by atoms with Gasteiger partial charge < -0.3 is 15.1 Å². The third-order valence-electron chi connectivity index (χ3n) is 3.61. The Hall–Kier alpha value is -1.91. The molecule has 0 aliphatic carbocycles. The molecule has 23 heavy (non-hydrogen) atoms. The molecule has 2 aromatic rings. The number of rotatable bonds is 7. The highest BCUT2D eigenvalue weighted by Crippen LogP contribution is 2.06. The molecule has 0 bridgehead atoms. The Morgan fingerprint density at radius 1 is 0.870 bits per heavy atom. The molecule has 0 aliphatic rings. The summed E-state index contributed by atoms with van der Waals surface area (Å²) in [6.45, 7) is 3.46. The second-order valence-electron chi connectivity index (χ2n) is 5.85. The van der Waals surface area contributed by atoms with Crippen molar-refractivity contribution in [1.82, 2.24) is 15.1 Å². The van der Waals surface area contributed by atoms with Crippen molar-refractivity contribution in [2.24, 2.45) is 0 Å². The predicted molar refractivity (Wildman–Crippen MR) is 101 cm³/mol. The Morgan fingerprint density at radius 2 is 1.43 bits per heavy atom. The van der Waals surface area contributed by atoms with Crippen molar-refractivity contribution in [2.45, 2.75) is 13.1 Å². The van der Waals surface area contributed by atoms with E-state index in [1.54, 1.807) is 0 Å². The minimum Gasteiger partial charge on any atom is -0.358 e. The van der Waals surface area contributed by atoms with Crippen molar-refractivity contribution >= 4 is 17.3 Å². The van der Waals surface area contributed by atoms with Crippen LogP contribution in [0.1, 0.15) is 11.1 Å². The van der Waals surface area contributed by atoms with Crippen molar-refractivity contribution in [2.75, 3.05) is 27.2 Å². The highest BCUT2D eigenvalue weighted by atomic mass is 32.1. The molecule has 0 aromatic heterocycles. The quantitative estimate of drug-likeness (QED) is 0.787. The fourth-order valence-corrected chi connectivity index (χ4v) is 2.49. The molecule has 0 spiro atoms. The lowest BCUT2D eigenvalue weighted by atomic mass is 10.2. The van der Waals surface area contributed by atoms with Crippen LogP contribution in [-0.2, 0) is 13.1 Å². The first-order valence-corrected chi connectivity index (χ1v) is 8.31. The molecule has 4 heteroatoms. The Bertz CT molecular complexity index is 584. The van der Waals surface area contributed by atoms with Crippen LogP contribution >= 0.6 is 12.2 Å². The van der Waals surface area contributed by atoms with Gasteiger partial charge in [-0.3, -0.25) is 0 Å². The van der Waals surface area contributed by atoms with Crippen LogP contribution in [0.15, 0.2) is 60.7 Å². The molecule has 0 saturated carbocycles. The zero-order valence-corrected chi connectivity index (χ0v) is 14.7. The van der Waals surface area contributed by atoms with Crippen LogP contribution in [0.25, 0.3) is 0 Å². The van der Waals surface area contributed by atoms with Crippen molar-refractivity contribution in [3.8, 4) is 0 Å². The first-order chi connectivity index (χ1) is 11.1. The molecular formula is C19H25N3S. The number of nitrogens with one attached hydrogen (secondary N) is 1. The molecule has 0 amide bonds. The third kappa shape index (κ3) is 6.38. The maximum atomic E-state index is 5.62. The van der Waals surface area contributed by atoms with E-state index >= 15 is 0 Å². The van der Waals surface area contributed by atoms with Gasteiger partial charge in [-0.1, -0.05) is 60.7 Å². The van der Waals surface area contributed by atoms with Gasteiger partial charge in [-0.2, -0.15) is 0 Å². The van der Waals surface area contributed by atoms with Crippen molar-refractivity contribution < 1.29 is 0 Å². The van der Waals surface area contributed by atoms with E-state index in [2.05, 4.69) is 65.6 Å². The molecule has 0 heterocycles. The van der Waals surface area contributed by atoms with E-state index in [0.29, 0.717) is 0 Å². The predicted octanol–water partition coefficient (Wildman–Crippen LogP) is 3.12. The minimum absolute atomic E-state index is 0.757. The average Bonchev–Trinajstić information content (AvgIpc) is 2.58. The number of thiocarbonyl (C=S) groups is 1. The number of hydrogen-bond donors (Lipinski definition) is 1. The van der Waals surface area contributed by atoms with E-state index in [-0.39, 0.29) is 0 Å². The Kier molecular flexibility index (Phi) is 7.04. The third-order valence-corrected chi connectivity index (χ3v) is 4.01. The maximum Gasteiger partial charge on any atom is 0.169 e. The van der Waals surface area contributed by atoms with Gasteiger partial charge in [0, 0.05) is 26.2 Å². The summed E-state index contributed by atoms with van der Waals surface area (Å²) in [6.07, 6.45) is 0. The second-order valence-corrected chi connectivity index (χ2v) is 6.24. The van der Waals surface area contributed by atoms with Crippen LogP contribution < -0.4 is 5.32 Å². The van der Waals surface area contributed by atoms with Gasteiger partial charge in [-0.05, 0) is 37.4 Å². The largest absolute Gasteiger partial charge is 0.358 e. The smallest absolute Gasteiger partial charge is 0.169 e. The summed E-state index contributed by atoms with van der Waals surface area (Å²) in [5.74, 6) is 0. The van der Waals surface area contributed by atoms with Crippen molar-refractivity contribution in [1.29, 1.82) is 0 Å². The number of likely N-dealkylation sites (N-methyl/N-ethyl adjacent to an activating group) is 1. The van der Waals surface area contributed by atoms with E-state index in [0.717, 1.165) is 31.3 Å². The van der Waals surface area contributed by atoms with Gasteiger partial charge in [0.25, 0.3) is 0 Å². The molecule has 0 aliphatic heterocycles. The summed E-state index contributed by atoms with van der Waals surface area (Å²) in [5, 5.41) is 4.19. The molecule has 0 saturated heterocycles. The number of benzene rings is 2.